The molecule has 3 rings (SSSR count). The maximum Gasteiger partial charge on any atom is 0.408 e. The van der Waals surface area contributed by atoms with Crippen molar-refractivity contribution in [3.8, 4) is 11.5 Å². The maximum atomic E-state index is 13.6. The lowest BCUT2D eigenvalue weighted by Crippen LogP contribution is -2.52. The van der Waals surface area contributed by atoms with Gasteiger partial charge in [-0.2, -0.15) is 0 Å². The van der Waals surface area contributed by atoms with Gasteiger partial charge in [-0.25, -0.2) is 9.18 Å². The number of likely N-dealkylation sites (N-methyl/N-ethyl adjacent to an activating group) is 1. The van der Waals surface area contributed by atoms with Crippen molar-refractivity contribution >= 4 is 40.9 Å². The van der Waals surface area contributed by atoms with Gasteiger partial charge >= 0.3 is 6.09 Å². The van der Waals surface area contributed by atoms with Crippen LogP contribution in [0, 0.1) is 5.82 Å². The molecule has 0 radical (unpaired) electrons. The first kappa shape index (κ1) is 22.2. The molecule has 30 heavy (non-hydrogen) atoms. The average Bonchev–Trinajstić information content (AvgIpc) is 2.63. The molecule has 0 aliphatic carbocycles. The molecule has 9 heteroatoms. The van der Waals surface area contributed by atoms with Crippen LogP contribution in [0.5, 0.6) is 11.5 Å². The number of fused-ring (bicyclic) bond motifs is 1. The molecule has 1 heterocycles. The molecule has 6 nitrogen and oxygen atoms in total. The Hall–Kier alpha value is -2.51. The highest BCUT2D eigenvalue weighted by molar-refractivity contribution is 6.33. The van der Waals surface area contributed by atoms with Crippen molar-refractivity contribution in [2.75, 3.05) is 11.9 Å². The van der Waals surface area contributed by atoms with E-state index in [4.69, 9.17) is 32.7 Å². The van der Waals surface area contributed by atoms with Gasteiger partial charge in [-0.15, -0.1) is 0 Å². The third kappa shape index (κ3) is 4.79. The molecule has 1 aliphatic rings. The summed E-state index contributed by atoms with van der Waals surface area (Å²) in [7, 11) is 1.54. The molecule has 0 aromatic heterocycles. The fourth-order valence-electron chi connectivity index (χ4n) is 3.10. The molecule has 2 aromatic rings. The average molecular weight is 455 g/mol. The van der Waals surface area contributed by atoms with Gasteiger partial charge in [0.1, 0.15) is 23.2 Å². The highest BCUT2D eigenvalue weighted by Crippen LogP contribution is 2.44. The number of carbonyl (C=O) groups excluding carboxylic acids is 2. The fourth-order valence-corrected chi connectivity index (χ4v) is 3.44. The van der Waals surface area contributed by atoms with Crippen LogP contribution in [0.25, 0.3) is 0 Å². The van der Waals surface area contributed by atoms with Crippen LogP contribution in [0.2, 0.25) is 10.0 Å². The third-order valence-corrected chi connectivity index (χ3v) is 4.96. The number of nitrogens with zero attached hydrogens (tertiary/aromatic N) is 1. The summed E-state index contributed by atoms with van der Waals surface area (Å²) in [6, 6.07) is 6.24. The maximum absolute atomic E-state index is 13.6. The van der Waals surface area contributed by atoms with E-state index >= 15 is 0 Å². The van der Waals surface area contributed by atoms with E-state index in [0.29, 0.717) is 11.3 Å². The van der Waals surface area contributed by atoms with E-state index in [0.717, 1.165) is 6.07 Å². The molecule has 160 valence electrons. The number of hydrogen-bond donors (Lipinski definition) is 1. The monoisotopic (exact) mass is 454 g/mol. The molecule has 2 aromatic carbocycles. The molecular formula is C21H21Cl2FN2O4. The number of amides is 2. The second-order valence-corrected chi connectivity index (χ2v) is 8.68. The van der Waals surface area contributed by atoms with Gasteiger partial charge in [-0.3, -0.25) is 4.79 Å². The smallest absolute Gasteiger partial charge is 0.408 e. The van der Waals surface area contributed by atoms with Gasteiger partial charge in [0.2, 0.25) is 5.91 Å². The van der Waals surface area contributed by atoms with Crippen LogP contribution in [0.3, 0.4) is 0 Å². The topological polar surface area (TPSA) is 67.9 Å². The summed E-state index contributed by atoms with van der Waals surface area (Å²) in [5, 5.41) is 3.02. The van der Waals surface area contributed by atoms with Crippen LogP contribution in [0.1, 0.15) is 26.3 Å². The van der Waals surface area contributed by atoms with Crippen molar-refractivity contribution < 1.29 is 23.5 Å². The number of hydrogen-bond acceptors (Lipinski definition) is 4. The van der Waals surface area contributed by atoms with Gasteiger partial charge in [0.15, 0.2) is 5.75 Å². The van der Waals surface area contributed by atoms with E-state index in [1.54, 1.807) is 40.0 Å². The molecule has 1 N–H and O–H groups in total. The van der Waals surface area contributed by atoms with Gasteiger partial charge < -0.3 is 19.7 Å². The largest absolute Gasteiger partial charge is 0.452 e. The highest BCUT2D eigenvalue weighted by Gasteiger charge is 2.35. The Morgan fingerprint density at radius 2 is 1.87 bits per heavy atom. The lowest BCUT2D eigenvalue weighted by Gasteiger charge is -2.33. The summed E-state index contributed by atoms with van der Waals surface area (Å²) in [5.41, 5.74) is 0.449. The summed E-state index contributed by atoms with van der Waals surface area (Å²) in [6.07, 6.45) is -0.475. The Morgan fingerprint density at radius 3 is 2.53 bits per heavy atom. The summed E-state index contributed by atoms with van der Waals surface area (Å²) in [4.78, 5) is 26.4. The van der Waals surface area contributed by atoms with E-state index in [1.807, 2.05) is 0 Å². The van der Waals surface area contributed by atoms with E-state index < -0.39 is 23.6 Å². The number of rotatable bonds is 3. The standard InChI is InChI=1S/C21H21Cl2FN2O4/c1-21(2,3)30-20(28)25-15-9-11-5-7-14(23)18(17(11)26(4)19(15)27)29-16-10-12(24)6-8-13(16)22/h5-8,10,15H,9H2,1-4H3,(H,25,28)/t15-/m1/s1. The Morgan fingerprint density at radius 1 is 1.20 bits per heavy atom. The summed E-state index contributed by atoms with van der Waals surface area (Å²) in [6.45, 7) is 5.21. The molecule has 0 spiro atoms. The zero-order valence-electron chi connectivity index (χ0n) is 16.9. The molecule has 1 atom stereocenters. The van der Waals surface area contributed by atoms with Gasteiger partial charge in [0, 0.05) is 19.5 Å². The van der Waals surface area contributed by atoms with Crippen LogP contribution in [0.4, 0.5) is 14.9 Å². The second-order valence-electron chi connectivity index (χ2n) is 7.86. The molecule has 0 saturated heterocycles. The number of ether oxygens (including phenoxy) is 2. The quantitative estimate of drug-likeness (QED) is 0.679. The molecule has 0 bridgehead atoms. The Bertz CT molecular complexity index is 1010. The Kier molecular flexibility index (Phi) is 6.15. The summed E-state index contributed by atoms with van der Waals surface area (Å²) < 4.78 is 24.7. The van der Waals surface area contributed by atoms with Crippen LogP contribution in [-0.2, 0) is 16.0 Å². The Balaban J connectivity index is 1.92. The van der Waals surface area contributed by atoms with Crippen LogP contribution in [0.15, 0.2) is 30.3 Å². The van der Waals surface area contributed by atoms with Gasteiger partial charge in [0.25, 0.3) is 0 Å². The molecule has 0 saturated carbocycles. The zero-order chi connectivity index (χ0) is 22.2. The van der Waals surface area contributed by atoms with Crippen LogP contribution >= 0.6 is 23.2 Å². The van der Waals surface area contributed by atoms with Crippen molar-refractivity contribution in [2.45, 2.75) is 38.8 Å². The van der Waals surface area contributed by atoms with E-state index in [2.05, 4.69) is 5.32 Å². The molecule has 0 unspecified atom stereocenters. The number of nitrogens with one attached hydrogen (secondary N) is 1. The van der Waals surface area contributed by atoms with Crippen molar-refractivity contribution in [3.05, 3.63) is 51.8 Å². The van der Waals surface area contributed by atoms with E-state index in [1.165, 1.54) is 17.0 Å². The van der Waals surface area contributed by atoms with E-state index in [-0.39, 0.29) is 33.9 Å². The van der Waals surface area contributed by atoms with E-state index in [9.17, 15) is 14.0 Å². The predicted octanol–water partition coefficient (Wildman–Crippen LogP) is 5.34. The second kappa shape index (κ2) is 8.32. The fraction of sp³-hybridized carbons (Fsp3) is 0.333. The minimum Gasteiger partial charge on any atom is -0.452 e. The Labute approximate surface area is 183 Å². The number of carbonyl (C=O) groups is 2. The normalized spacial score (nSPS) is 16.2. The lowest BCUT2D eigenvalue weighted by molar-refractivity contribution is -0.120. The minimum absolute atomic E-state index is 0.0711. The number of halogens is 3. The zero-order valence-corrected chi connectivity index (χ0v) is 18.4. The predicted molar refractivity (Wildman–Crippen MR) is 113 cm³/mol. The first-order chi connectivity index (χ1) is 14.0. The molecule has 2 amide bonds. The molecular weight excluding hydrogens is 434 g/mol. The first-order valence-corrected chi connectivity index (χ1v) is 9.93. The SMILES string of the molecule is CN1C(=O)[C@H](NC(=O)OC(C)(C)C)Cc2ccc(Cl)c(Oc3cc(F)ccc3Cl)c21. The number of alkyl carbamates (subject to hydrolysis) is 1. The van der Waals surface area contributed by atoms with Crippen molar-refractivity contribution in [2.24, 2.45) is 0 Å². The van der Waals surface area contributed by atoms with Crippen LogP contribution in [-0.4, -0.2) is 30.7 Å². The third-order valence-electron chi connectivity index (χ3n) is 4.35. The summed E-state index contributed by atoms with van der Waals surface area (Å²) >= 11 is 12.4. The molecule has 1 aliphatic heterocycles. The number of benzene rings is 2. The minimum atomic E-state index is -0.816. The van der Waals surface area contributed by atoms with Gasteiger partial charge in [-0.05, 0) is 44.5 Å². The number of anilines is 1. The molecule has 0 fully saturated rings. The van der Waals surface area contributed by atoms with Crippen molar-refractivity contribution in [3.63, 3.8) is 0 Å². The summed E-state index contributed by atoms with van der Waals surface area (Å²) in [5.74, 6) is -0.651. The van der Waals surface area contributed by atoms with Gasteiger partial charge in [-0.1, -0.05) is 29.3 Å². The highest BCUT2D eigenvalue weighted by atomic mass is 35.5. The first-order valence-electron chi connectivity index (χ1n) is 9.17. The van der Waals surface area contributed by atoms with Gasteiger partial charge in [0.05, 0.1) is 15.7 Å². The van der Waals surface area contributed by atoms with Crippen molar-refractivity contribution in [1.29, 1.82) is 0 Å². The van der Waals surface area contributed by atoms with Crippen molar-refractivity contribution in [1.82, 2.24) is 5.32 Å². The lowest BCUT2D eigenvalue weighted by atomic mass is 9.97. The van der Waals surface area contributed by atoms with Crippen LogP contribution < -0.4 is 15.0 Å².